The van der Waals surface area contributed by atoms with E-state index in [1.54, 1.807) is 11.3 Å². The molecule has 1 heterocycles. The SMILES string of the molecule is Cc1ccc(CNC(C)Cc2ccsc2)c(C)c1. The van der Waals surface area contributed by atoms with Gasteiger partial charge in [-0.05, 0) is 60.7 Å². The summed E-state index contributed by atoms with van der Waals surface area (Å²) in [4.78, 5) is 0. The summed E-state index contributed by atoms with van der Waals surface area (Å²) >= 11 is 1.77. The zero-order valence-electron chi connectivity index (χ0n) is 11.4. The largest absolute Gasteiger partial charge is 0.310 e. The van der Waals surface area contributed by atoms with E-state index < -0.39 is 0 Å². The Kier molecular flexibility index (Phi) is 4.56. The summed E-state index contributed by atoms with van der Waals surface area (Å²) in [6.45, 7) is 7.54. The monoisotopic (exact) mass is 259 g/mol. The van der Waals surface area contributed by atoms with Crippen molar-refractivity contribution in [2.75, 3.05) is 0 Å². The lowest BCUT2D eigenvalue weighted by Crippen LogP contribution is -2.27. The van der Waals surface area contributed by atoms with Crippen molar-refractivity contribution in [3.63, 3.8) is 0 Å². The molecule has 0 aliphatic rings. The van der Waals surface area contributed by atoms with Crippen molar-refractivity contribution < 1.29 is 0 Å². The van der Waals surface area contributed by atoms with Crippen molar-refractivity contribution in [2.45, 2.75) is 39.8 Å². The van der Waals surface area contributed by atoms with Gasteiger partial charge >= 0.3 is 0 Å². The Balaban J connectivity index is 1.87. The fraction of sp³-hybridized carbons (Fsp3) is 0.375. The van der Waals surface area contributed by atoms with E-state index in [0.29, 0.717) is 6.04 Å². The van der Waals surface area contributed by atoms with Crippen LogP contribution in [0.2, 0.25) is 0 Å². The minimum absolute atomic E-state index is 0.514. The molecule has 2 heteroatoms. The molecule has 96 valence electrons. The van der Waals surface area contributed by atoms with Crippen molar-refractivity contribution in [1.29, 1.82) is 0 Å². The summed E-state index contributed by atoms with van der Waals surface area (Å²) in [6.07, 6.45) is 1.11. The van der Waals surface area contributed by atoms with Gasteiger partial charge in [0.05, 0.1) is 0 Å². The lowest BCUT2D eigenvalue weighted by atomic mass is 10.0. The minimum Gasteiger partial charge on any atom is -0.310 e. The molecule has 2 aromatic rings. The summed E-state index contributed by atoms with van der Waals surface area (Å²) in [5.74, 6) is 0. The van der Waals surface area contributed by atoms with Gasteiger partial charge in [0.25, 0.3) is 0 Å². The van der Waals surface area contributed by atoms with Crippen molar-refractivity contribution in [3.05, 3.63) is 57.3 Å². The average molecular weight is 259 g/mol. The third kappa shape index (κ3) is 3.69. The molecular formula is C16H21NS. The number of rotatable bonds is 5. The van der Waals surface area contributed by atoms with Crippen LogP contribution < -0.4 is 5.32 Å². The maximum Gasteiger partial charge on any atom is 0.0210 e. The highest BCUT2D eigenvalue weighted by Gasteiger charge is 2.05. The van der Waals surface area contributed by atoms with Gasteiger partial charge in [0.2, 0.25) is 0 Å². The first-order chi connectivity index (χ1) is 8.65. The predicted octanol–water partition coefficient (Wildman–Crippen LogP) is 4.09. The van der Waals surface area contributed by atoms with E-state index in [2.05, 4.69) is 61.1 Å². The minimum atomic E-state index is 0.514. The first-order valence-corrected chi connectivity index (χ1v) is 7.40. The zero-order chi connectivity index (χ0) is 13.0. The van der Waals surface area contributed by atoms with E-state index in [0.717, 1.165) is 13.0 Å². The highest BCUT2D eigenvalue weighted by molar-refractivity contribution is 7.07. The van der Waals surface area contributed by atoms with Gasteiger partial charge in [-0.15, -0.1) is 0 Å². The van der Waals surface area contributed by atoms with Crippen LogP contribution in [0.1, 0.15) is 29.2 Å². The summed E-state index contributed by atoms with van der Waals surface area (Å²) in [7, 11) is 0. The van der Waals surface area contributed by atoms with Gasteiger partial charge in [0.1, 0.15) is 0 Å². The van der Waals surface area contributed by atoms with E-state index in [1.807, 2.05) is 0 Å². The third-order valence-electron chi connectivity index (χ3n) is 3.26. The Morgan fingerprint density at radius 3 is 2.72 bits per heavy atom. The van der Waals surface area contributed by atoms with Gasteiger partial charge in [-0.3, -0.25) is 0 Å². The first kappa shape index (κ1) is 13.3. The third-order valence-corrected chi connectivity index (χ3v) is 3.99. The number of benzene rings is 1. The molecule has 0 aliphatic carbocycles. The lowest BCUT2D eigenvalue weighted by molar-refractivity contribution is 0.545. The molecule has 0 saturated heterocycles. The number of hydrogen-bond acceptors (Lipinski definition) is 2. The molecule has 1 aromatic heterocycles. The van der Waals surface area contributed by atoms with E-state index in [9.17, 15) is 0 Å². The smallest absolute Gasteiger partial charge is 0.0210 e. The maximum absolute atomic E-state index is 3.60. The number of aryl methyl sites for hydroxylation is 2. The number of thiophene rings is 1. The molecule has 0 spiro atoms. The van der Waals surface area contributed by atoms with Crippen LogP contribution in [0.25, 0.3) is 0 Å². The average Bonchev–Trinajstić information content (AvgIpc) is 2.80. The quantitative estimate of drug-likeness (QED) is 0.853. The maximum atomic E-state index is 3.60. The number of nitrogens with one attached hydrogen (secondary N) is 1. The van der Waals surface area contributed by atoms with Gasteiger partial charge in [-0.1, -0.05) is 23.8 Å². The molecule has 1 aromatic carbocycles. The van der Waals surface area contributed by atoms with E-state index >= 15 is 0 Å². The topological polar surface area (TPSA) is 12.0 Å². The molecule has 0 fully saturated rings. The number of hydrogen-bond donors (Lipinski definition) is 1. The first-order valence-electron chi connectivity index (χ1n) is 6.46. The molecule has 0 amide bonds. The second-order valence-electron chi connectivity index (χ2n) is 5.05. The molecule has 0 aliphatic heterocycles. The highest BCUT2D eigenvalue weighted by Crippen LogP contribution is 2.12. The van der Waals surface area contributed by atoms with Gasteiger partial charge < -0.3 is 5.32 Å². The van der Waals surface area contributed by atoms with Crippen molar-refractivity contribution in [1.82, 2.24) is 5.32 Å². The second kappa shape index (κ2) is 6.17. The van der Waals surface area contributed by atoms with E-state index in [1.165, 1.54) is 22.3 Å². The highest BCUT2D eigenvalue weighted by atomic mass is 32.1. The molecule has 1 N–H and O–H groups in total. The van der Waals surface area contributed by atoms with Crippen LogP contribution in [0.3, 0.4) is 0 Å². The van der Waals surface area contributed by atoms with Crippen LogP contribution in [0.15, 0.2) is 35.0 Å². The summed E-state index contributed by atoms with van der Waals surface area (Å²) < 4.78 is 0. The molecule has 18 heavy (non-hydrogen) atoms. The molecule has 1 atom stereocenters. The molecule has 2 rings (SSSR count). The van der Waals surface area contributed by atoms with Crippen LogP contribution in [0.4, 0.5) is 0 Å². The van der Waals surface area contributed by atoms with E-state index in [-0.39, 0.29) is 0 Å². The molecule has 0 saturated carbocycles. The molecule has 0 bridgehead atoms. The van der Waals surface area contributed by atoms with Crippen LogP contribution in [-0.2, 0) is 13.0 Å². The molecule has 1 unspecified atom stereocenters. The second-order valence-corrected chi connectivity index (χ2v) is 5.83. The Bertz CT molecular complexity index is 488. The van der Waals surface area contributed by atoms with Gasteiger partial charge in [0, 0.05) is 12.6 Å². The van der Waals surface area contributed by atoms with Crippen molar-refractivity contribution >= 4 is 11.3 Å². The zero-order valence-corrected chi connectivity index (χ0v) is 12.2. The summed E-state index contributed by atoms with van der Waals surface area (Å²) in [5.41, 5.74) is 5.55. The van der Waals surface area contributed by atoms with E-state index in [4.69, 9.17) is 0 Å². The predicted molar refractivity (Wildman–Crippen MR) is 80.2 cm³/mol. The van der Waals surface area contributed by atoms with Gasteiger partial charge in [-0.2, -0.15) is 11.3 Å². The normalized spacial score (nSPS) is 12.6. The van der Waals surface area contributed by atoms with Crippen LogP contribution >= 0.6 is 11.3 Å². The van der Waals surface area contributed by atoms with Crippen LogP contribution in [0, 0.1) is 13.8 Å². The van der Waals surface area contributed by atoms with Crippen LogP contribution in [0.5, 0.6) is 0 Å². The van der Waals surface area contributed by atoms with Crippen molar-refractivity contribution in [2.24, 2.45) is 0 Å². The Morgan fingerprint density at radius 2 is 2.06 bits per heavy atom. The van der Waals surface area contributed by atoms with Crippen LogP contribution in [-0.4, -0.2) is 6.04 Å². The lowest BCUT2D eigenvalue weighted by Gasteiger charge is -2.14. The van der Waals surface area contributed by atoms with Crippen molar-refractivity contribution in [3.8, 4) is 0 Å². The fourth-order valence-electron chi connectivity index (χ4n) is 2.16. The molecular weight excluding hydrogens is 238 g/mol. The summed E-state index contributed by atoms with van der Waals surface area (Å²) in [6, 6.07) is 9.39. The molecule has 0 radical (unpaired) electrons. The van der Waals surface area contributed by atoms with Gasteiger partial charge in [-0.25, -0.2) is 0 Å². The molecule has 1 nitrogen and oxygen atoms in total. The Hall–Kier alpha value is -1.12. The van der Waals surface area contributed by atoms with Gasteiger partial charge in [0.15, 0.2) is 0 Å². The Labute approximate surface area is 114 Å². The summed E-state index contributed by atoms with van der Waals surface area (Å²) in [5, 5.41) is 7.98. The fourth-order valence-corrected chi connectivity index (χ4v) is 2.84. The Morgan fingerprint density at radius 1 is 1.22 bits per heavy atom. The standard InChI is InChI=1S/C16H21NS/c1-12-4-5-16(13(2)8-12)10-17-14(3)9-15-6-7-18-11-15/h4-8,11,14,17H,9-10H2,1-3H3.